The van der Waals surface area contributed by atoms with Crippen molar-refractivity contribution in [1.29, 1.82) is 5.26 Å². The summed E-state index contributed by atoms with van der Waals surface area (Å²) < 4.78 is 36.7. The molecule has 1 saturated heterocycles. The van der Waals surface area contributed by atoms with E-state index in [9.17, 15) is 18.8 Å². The van der Waals surface area contributed by atoms with E-state index in [0.29, 0.717) is 36.3 Å². The molecule has 0 radical (unpaired) electrons. The topological polar surface area (TPSA) is 138 Å². The SMILES string of the molecule is COc1ncc(-c2ccc3ncc(C#N)c(N4CCOC(CO)C4)c3c2)cc1NS(C)(=O)=O. The van der Waals surface area contributed by atoms with Crippen molar-refractivity contribution in [3.05, 3.63) is 42.2 Å². The number of hydrogen-bond acceptors (Lipinski definition) is 9. The first-order chi connectivity index (χ1) is 15.8. The first-order valence-electron chi connectivity index (χ1n) is 10.2. The number of aliphatic hydroxyl groups is 1. The molecule has 0 bridgehead atoms. The number of ether oxygens (including phenoxy) is 2. The molecule has 3 aromatic rings. The molecular weight excluding hydrogens is 446 g/mol. The number of nitriles is 1. The molecule has 172 valence electrons. The van der Waals surface area contributed by atoms with Crippen LogP contribution < -0.4 is 14.4 Å². The van der Waals surface area contributed by atoms with Crippen LogP contribution in [0.25, 0.3) is 22.0 Å². The molecule has 0 aliphatic carbocycles. The summed E-state index contributed by atoms with van der Waals surface area (Å²) in [4.78, 5) is 10.7. The lowest BCUT2D eigenvalue weighted by molar-refractivity contribution is 0.00362. The van der Waals surface area contributed by atoms with Crippen LogP contribution >= 0.6 is 0 Å². The second-order valence-corrected chi connectivity index (χ2v) is 9.39. The van der Waals surface area contributed by atoms with Crippen LogP contribution in [0.15, 0.2) is 36.7 Å². The van der Waals surface area contributed by atoms with Crippen molar-refractivity contribution in [3.63, 3.8) is 0 Å². The zero-order chi connectivity index (χ0) is 23.6. The van der Waals surface area contributed by atoms with Crippen LogP contribution in [0, 0.1) is 11.3 Å². The quantitative estimate of drug-likeness (QED) is 0.553. The minimum absolute atomic E-state index is 0.111. The van der Waals surface area contributed by atoms with E-state index >= 15 is 0 Å². The number of aromatic nitrogens is 2. The molecule has 1 atom stereocenters. The lowest BCUT2D eigenvalue weighted by Crippen LogP contribution is -2.44. The van der Waals surface area contributed by atoms with Gasteiger partial charge in [-0.05, 0) is 23.8 Å². The monoisotopic (exact) mass is 469 g/mol. The van der Waals surface area contributed by atoms with Gasteiger partial charge in [0.05, 0.1) is 49.5 Å². The van der Waals surface area contributed by atoms with Crippen molar-refractivity contribution >= 4 is 32.3 Å². The Hall–Kier alpha value is -3.46. The summed E-state index contributed by atoms with van der Waals surface area (Å²) in [6.45, 7) is 1.34. The van der Waals surface area contributed by atoms with Gasteiger partial charge >= 0.3 is 0 Å². The van der Waals surface area contributed by atoms with Crippen LogP contribution in [0.2, 0.25) is 0 Å². The van der Waals surface area contributed by atoms with E-state index in [1.54, 1.807) is 18.5 Å². The van der Waals surface area contributed by atoms with Gasteiger partial charge in [0.1, 0.15) is 11.8 Å². The minimum atomic E-state index is -3.54. The number of methoxy groups -OCH3 is 1. The molecule has 0 saturated carbocycles. The normalized spacial score (nSPS) is 16.4. The van der Waals surface area contributed by atoms with E-state index in [-0.39, 0.29) is 24.3 Å². The Labute approximate surface area is 191 Å². The molecule has 33 heavy (non-hydrogen) atoms. The Morgan fingerprint density at radius 3 is 2.82 bits per heavy atom. The van der Waals surface area contributed by atoms with Crippen LogP contribution in [-0.4, -0.2) is 69.3 Å². The van der Waals surface area contributed by atoms with Crippen LogP contribution in [-0.2, 0) is 14.8 Å². The third kappa shape index (κ3) is 4.83. The van der Waals surface area contributed by atoms with Crippen LogP contribution in [0.1, 0.15) is 5.56 Å². The number of fused-ring (bicyclic) bond motifs is 1. The van der Waals surface area contributed by atoms with Crippen molar-refractivity contribution in [1.82, 2.24) is 9.97 Å². The Balaban J connectivity index is 1.84. The number of sulfonamides is 1. The maximum Gasteiger partial charge on any atom is 0.238 e. The van der Waals surface area contributed by atoms with Gasteiger partial charge in [0.2, 0.25) is 15.9 Å². The Kier molecular flexibility index (Phi) is 6.33. The molecular formula is C22H23N5O5S. The van der Waals surface area contributed by atoms with Gasteiger partial charge in [-0.3, -0.25) is 9.71 Å². The van der Waals surface area contributed by atoms with Gasteiger partial charge in [-0.25, -0.2) is 13.4 Å². The molecule has 2 aromatic heterocycles. The van der Waals surface area contributed by atoms with Crippen molar-refractivity contribution in [3.8, 4) is 23.1 Å². The highest BCUT2D eigenvalue weighted by molar-refractivity contribution is 7.92. The van der Waals surface area contributed by atoms with E-state index < -0.39 is 10.0 Å². The Morgan fingerprint density at radius 1 is 1.30 bits per heavy atom. The fourth-order valence-corrected chi connectivity index (χ4v) is 4.40. The van der Waals surface area contributed by atoms with Gasteiger partial charge < -0.3 is 19.5 Å². The summed E-state index contributed by atoms with van der Waals surface area (Å²) in [6.07, 6.45) is 3.85. The lowest BCUT2D eigenvalue weighted by atomic mass is 10.0. The zero-order valence-electron chi connectivity index (χ0n) is 18.1. The third-order valence-electron chi connectivity index (χ3n) is 5.29. The first-order valence-corrected chi connectivity index (χ1v) is 12.0. The molecule has 0 spiro atoms. The van der Waals surface area contributed by atoms with E-state index in [1.807, 2.05) is 23.1 Å². The van der Waals surface area contributed by atoms with Crippen LogP contribution in [0.3, 0.4) is 0 Å². The lowest BCUT2D eigenvalue weighted by Gasteiger charge is -2.34. The summed E-state index contributed by atoms with van der Waals surface area (Å²) >= 11 is 0. The molecule has 1 aromatic carbocycles. The second-order valence-electron chi connectivity index (χ2n) is 7.64. The van der Waals surface area contributed by atoms with Crippen molar-refractivity contribution < 1.29 is 23.0 Å². The molecule has 1 aliphatic rings. The maximum atomic E-state index is 11.8. The first kappa shape index (κ1) is 22.7. The number of anilines is 2. The fourth-order valence-electron chi connectivity index (χ4n) is 3.86. The predicted octanol–water partition coefficient (Wildman–Crippen LogP) is 1.75. The largest absolute Gasteiger partial charge is 0.480 e. The highest BCUT2D eigenvalue weighted by atomic mass is 32.2. The average molecular weight is 470 g/mol. The molecule has 10 nitrogen and oxygen atoms in total. The van der Waals surface area contributed by atoms with E-state index in [1.165, 1.54) is 7.11 Å². The van der Waals surface area contributed by atoms with E-state index in [4.69, 9.17) is 9.47 Å². The van der Waals surface area contributed by atoms with E-state index in [0.717, 1.165) is 22.9 Å². The smallest absolute Gasteiger partial charge is 0.238 e. The molecule has 2 N–H and O–H groups in total. The number of morpholine rings is 1. The number of aliphatic hydroxyl groups excluding tert-OH is 1. The summed E-state index contributed by atoms with van der Waals surface area (Å²) in [5, 5.41) is 20.0. The number of nitrogens with one attached hydrogen (secondary N) is 1. The molecule has 1 unspecified atom stereocenters. The van der Waals surface area contributed by atoms with Gasteiger partial charge in [0.25, 0.3) is 0 Å². The minimum Gasteiger partial charge on any atom is -0.480 e. The number of pyridine rings is 2. The Bertz CT molecular complexity index is 1340. The molecule has 11 heteroatoms. The zero-order valence-corrected chi connectivity index (χ0v) is 19.0. The average Bonchev–Trinajstić information content (AvgIpc) is 2.81. The molecule has 1 fully saturated rings. The highest BCUT2D eigenvalue weighted by Crippen LogP contribution is 2.35. The molecule has 0 amide bonds. The summed E-state index contributed by atoms with van der Waals surface area (Å²) in [6, 6.07) is 9.45. The second kappa shape index (κ2) is 9.19. The highest BCUT2D eigenvalue weighted by Gasteiger charge is 2.24. The molecule has 3 heterocycles. The number of benzene rings is 1. The van der Waals surface area contributed by atoms with Gasteiger partial charge in [-0.2, -0.15) is 5.26 Å². The van der Waals surface area contributed by atoms with Crippen molar-refractivity contribution in [2.24, 2.45) is 0 Å². The maximum absolute atomic E-state index is 11.8. The van der Waals surface area contributed by atoms with E-state index in [2.05, 4.69) is 20.8 Å². The van der Waals surface area contributed by atoms with Crippen molar-refractivity contribution in [2.45, 2.75) is 6.10 Å². The van der Waals surface area contributed by atoms with Crippen LogP contribution in [0.5, 0.6) is 5.88 Å². The van der Waals surface area contributed by atoms with Gasteiger partial charge in [0.15, 0.2) is 0 Å². The number of hydrogen-bond donors (Lipinski definition) is 2. The Morgan fingerprint density at radius 2 is 2.12 bits per heavy atom. The number of nitrogens with zero attached hydrogens (tertiary/aromatic N) is 4. The molecule has 4 rings (SSSR count). The van der Waals surface area contributed by atoms with Gasteiger partial charge in [0, 0.05) is 36.4 Å². The molecule has 1 aliphatic heterocycles. The van der Waals surface area contributed by atoms with Gasteiger partial charge in [-0.15, -0.1) is 0 Å². The fraction of sp³-hybridized carbons (Fsp3) is 0.318. The standard InChI is InChI=1S/C22H23N5O5S/c1-31-22-20(26-33(2,29)30)8-15(10-25-22)14-3-4-19-18(7-14)21(16(9-23)11-24-19)27-5-6-32-17(12-27)13-28/h3-4,7-8,10-11,17,26,28H,5-6,12-13H2,1-2H3. The summed E-state index contributed by atoms with van der Waals surface area (Å²) in [7, 11) is -2.12. The van der Waals surface area contributed by atoms with Crippen LogP contribution in [0.4, 0.5) is 11.4 Å². The summed E-state index contributed by atoms with van der Waals surface area (Å²) in [5.41, 5.74) is 3.50. The summed E-state index contributed by atoms with van der Waals surface area (Å²) in [5.74, 6) is 0.155. The predicted molar refractivity (Wildman–Crippen MR) is 124 cm³/mol. The van der Waals surface area contributed by atoms with Gasteiger partial charge in [-0.1, -0.05) is 6.07 Å². The number of rotatable bonds is 6. The van der Waals surface area contributed by atoms with Crippen molar-refractivity contribution in [2.75, 3.05) is 49.3 Å². The third-order valence-corrected chi connectivity index (χ3v) is 5.88.